The molecule has 1 aromatic rings. The van der Waals surface area contributed by atoms with E-state index < -0.39 is 15.6 Å². The van der Waals surface area contributed by atoms with Crippen molar-refractivity contribution in [1.29, 1.82) is 0 Å². The van der Waals surface area contributed by atoms with Crippen LogP contribution in [0.3, 0.4) is 0 Å². The average molecular weight is 368 g/mol. The van der Waals surface area contributed by atoms with Crippen molar-refractivity contribution in [2.45, 2.75) is 50.5 Å². The Morgan fingerprint density at radius 2 is 1.92 bits per heavy atom. The van der Waals surface area contributed by atoms with Gasteiger partial charge in [0.15, 0.2) is 0 Å². The van der Waals surface area contributed by atoms with Crippen LogP contribution in [0.5, 0.6) is 0 Å². The molecular formula is C18H29N3O3S. The smallest absolute Gasteiger partial charge is 0.251 e. The van der Waals surface area contributed by atoms with E-state index >= 15 is 0 Å². The fourth-order valence-electron chi connectivity index (χ4n) is 2.91. The van der Waals surface area contributed by atoms with Crippen LogP contribution < -0.4 is 15.4 Å². The van der Waals surface area contributed by atoms with Crippen molar-refractivity contribution in [3.63, 3.8) is 0 Å². The Balaban J connectivity index is 1.89. The minimum Gasteiger partial charge on any atom is -0.352 e. The van der Waals surface area contributed by atoms with Gasteiger partial charge in [0, 0.05) is 17.6 Å². The van der Waals surface area contributed by atoms with Crippen molar-refractivity contribution >= 4 is 15.9 Å². The second-order valence-electron chi connectivity index (χ2n) is 7.64. The van der Waals surface area contributed by atoms with Gasteiger partial charge in [-0.2, -0.15) is 0 Å². The van der Waals surface area contributed by atoms with Crippen LogP contribution in [0.2, 0.25) is 0 Å². The first-order valence-electron chi connectivity index (χ1n) is 8.80. The second-order valence-corrected chi connectivity index (χ2v) is 9.32. The minimum atomic E-state index is -3.58. The molecule has 6 nitrogen and oxygen atoms in total. The first kappa shape index (κ1) is 19.9. The Morgan fingerprint density at radius 3 is 2.48 bits per heavy atom. The number of amides is 1. The summed E-state index contributed by atoms with van der Waals surface area (Å²) in [5, 5.41) is 6.28. The lowest BCUT2D eigenvalue weighted by molar-refractivity contribution is 0.0950. The highest BCUT2D eigenvalue weighted by molar-refractivity contribution is 7.89. The summed E-state index contributed by atoms with van der Waals surface area (Å²) in [7, 11) is -3.58. The topological polar surface area (TPSA) is 87.3 Å². The maximum atomic E-state index is 12.3. The molecule has 0 saturated carbocycles. The molecule has 7 heteroatoms. The molecule has 0 aromatic heterocycles. The van der Waals surface area contributed by atoms with E-state index in [1.807, 2.05) is 0 Å². The number of sulfonamides is 1. The Labute approximate surface area is 150 Å². The van der Waals surface area contributed by atoms with Crippen LogP contribution in [0.1, 0.15) is 50.4 Å². The molecule has 1 amide bonds. The van der Waals surface area contributed by atoms with E-state index in [2.05, 4.69) is 15.4 Å². The highest BCUT2D eigenvalue weighted by atomic mass is 32.2. The Bertz CT molecular complexity index is 673. The van der Waals surface area contributed by atoms with E-state index in [9.17, 15) is 13.2 Å². The van der Waals surface area contributed by atoms with E-state index in [1.54, 1.807) is 32.9 Å². The van der Waals surface area contributed by atoms with Crippen LogP contribution in [-0.2, 0) is 10.0 Å². The quantitative estimate of drug-likeness (QED) is 0.716. The molecule has 1 unspecified atom stereocenters. The van der Waals surface area contributed by atoms with Gasteiger partial charge >= 0.3 is 0 Å². The van der Waals surface area contributed by atoms with Gasteiger partial charge in [-0.3, -0.25) is 4.79 Å². The van der Waals surface area contributed by atoms with E-state index in [4.69, 9.17) is 0 Å². The van der Waals surface area contributed by atoms with Crippen LogP contribution in [0, 0.1) is 5.92 Å². The van der Waals surface area contributed by atoms with Gasteiger partial charge in [0.25, 0.3) is 5.91 Å². The standard InChI is InChI=1S/C18H29N3O3S/c1-18(2,3)21-25(23,24)16-8-6-15(7-9-16)17(22)20-12-10-14-5-4-11-19-13-14/h6-9,14,19,21H,4-5,10-13H2,1-3H3,(H,20,22). The lowest BCUT2D eigenvalue weighted by Crippen LogP contribution is -2.40. The highest BCUT2D eigenvalue weighted by Crippen LogP contribution is 2.15. The predicted molar refractivity (Wildman–Crippen MR) is 99.1 cm³/mol. The van der Waals surface area contributed by atoms with Crippen molar-refractivity contribution in [3.05, 3.63) is 29.8 Å². The number of carbonyl (C=O) groups is 1. The zero-order valence-corrected chi connectivity index (χ0v) is 16.1. The van der Waals surface area contributed by atoms with Gasteiger partial charge in [-0.25, -0.2) is 13.1 Å². The van der Waals surface area contributed by atoms with Crippen molar-refractivity contribution in [2.75, 3.05) is 19.6 Å². The number of nitrogens with one attached hydrogen (secondary N) is 3. The van der Waals surface area contributed by atoms with Crippen molar-refractivity contribution in [2.24, 2.45) is 5.92 Å². The third-order valence-electron chi connectivity index (χ3n) is 4.10. The van der Waals surface area contributed by atoms with E-state index in [1.165, 1.54) is 25.0 Å². The molecule has 0 aliphatic carbocycles. The summed E-state index contributed by atoms with van der Waals surface area (Å²) >= 11 is 0. The Hall–Kier alpha value is -1.44. The van der Waals surface area contributed by atoms with Crippen LogP contribution in [0.25, 0.3) is 0 Å². The third kappa shape index (κ3) is 6.41. The number of piperidine rings is 1. The fraction of sp³-hybridized carbons (Fsp3) is 0.611. The zero-order valence-electron chi connectivity index (χ0n) is 15.3. The molecule has 1 saturated heterocycles. The maximum Gasteiger partial charge on any atom is 0.251 e. The van der Waals surface area contributed by atoms with Gasteiger partial charge in [-0.1, -0.05) is 0 Å². The zero-order chi connectivity index (χ0) is 18.5. The summed E-state index contributed by atoms with van der Waals surface area (Å²) in [5.41, 5.74) is -0.0838. The number of hydrogen-bond donors (Lipinski definition) is 3. The first-order valence-corrected chi connectivity index (χ1v) is 10.3. The van der Waals surface area contributed by atoms with Crippen molar-refractivity contribution < 1.29 is 13.2 Å². The molecule has 0 radical (unpaired) electrons. The number of rotatable bonds is 6. The Kier molecular flexibility index (Phi) is 6.59. The van der Waals surface area contributed by atoms with Gasteiger partial charge < -0.3 is 10.6 Å². The van der Waals surface area contributed by atoms with E-state index in [-0.39, 0.29) is 10.8 Å². The SMILES string of the molecule is CC(C)(C)NS(=O)(=O)c1ccc(C(=O)NCCC2CCCNC2)cc1. The number of carbonyl (C=O) groups excluding carboxylic acids is 1. The Morgan fingerprint density at radius 1 is 1.24 bits per heavy atom. The third-order valence-corrected chi connectivity index (χ3v) is 5.88. The molecule has 0 bridgehead atoms. The van der Waals surface area contributed by atoms with Gasteiger partial charge in [-0.15, -0.1) is 0 Å². The molecule has 3 N–H and O–H groups in total. The number of benzene rings is 1. The van der Waals surface area contributed by atoms with E-state index in [0.717, 1.165) is 19.5 Å². The van der Waals surface area contributed by atoms with Crippen LogP contribution >= 0.6 is 0 Å². The fourth-order valence-corrected chi connectivity index (χ4v) is 4.33. The van der Waals surface area contributed by atoms with Crippen LogP contribution in [-0.4, -0.2) is 39.5 Å². The summed E-state index contributed by atoms with van der Waals surface area (Å²) in [6.45, 7) is 8.10. The molecule has 2 rings (SSSR count). The summed E-state index contributed by atoms with van der Waals surface area (Å²) < 4.78 is 27.1. The molecule has 1 aliphatic rings. The van der Waals surface area contributed by atoms with Crippen molar-refractivity contribution in [1.82, 2.24) is 15.4 Å². The molecule has 1 fully saturated rings. The summed E-state index contributed by atoms with van der Waals surface area (Å²) in [5.74, 6) is 0.446. The molecule has 1 heterocycles. The van der Waals surface area contributed by atoms with E-state index in [0.29, 0.717) is 18.0 Å². The minimum absolute atomic E-state index is 0.159. The van der Waals surface area contributed by atoms with Gasteiger partial charge in [0.1, 0.15) is 0 Å². The van der Waals surface area contributed by atoms with Crippen LogP contribution in [0.15, 0.2) is 29.2 Å². The molecular weight excluding hydrogens is 338 g/mol. The second kappa shape index (κ2) is 8.29. The molecule has 1 aromatic carbocycles. The van der Waals surface area contributed by atoms with Gasteiger partial charge in [0.05, 0.1) is 4.90 Å². The molecule has 1 aliphatic heterocycles. The number of hydrogen-bond acceptors (Lipinski definition) is 4. The van der Waals surface area contributed by atoms with Crippen molar-refractivity contribution in [3.8, 4) is 0 Å². The molecule has 140 valence electrons. The predicted octanol–water partition coefficient (Wildman–Crippen LogP) is 1.88. The monoisotopic (exact) mass is 367 g/mol. The lowest BCUT2D eigenvalue weighted by Gasteiger charge is -2.22. The highest BCUT2D eigenvalue weighted by Gasteiger charge is 2.22. The maximum absolute atomic E-state index is 12.3. The first-order chi connectivity index (χ1) is 11.7. The summed E-state index contributed by atoms with van der Waals surface area (Å²) in [6.07, 6.45) is 3.36. The lowest BCUT2D eigenvalue weighted by atomic mass is 9.96. The normalized spacial score (nSPS) is 18.8. The molecule has 0 spiro atoms. The van der Waals surface area contributed by atoms with Gasteiger partial charge in [0.2, 0.25) is 10.0 Å². The van der Waals surface area contributed by atoms with Crippen LogP contribution in [0.4, 0.5) is 0 Å². The summed E-state index contributed by atoms with van der Waals surface area (Å²) in [4.78, 5) is 12.3. The van der Waals surface area contributed by atoms with Gasteiger partial charge in [-0.05, 0) is 83.3 Å². The average Bonchev–Trinajstić information content (AvgIpc) is 2.54. The molecule has 1 atom stereocenters. The summed E-state index contributed by atoms with van der Waals surface area (Å²) in [6, 6.07) is 6.03. The molecule has 25 heavy (non-hydrogen) atoms. The largest absolute Gasteiger partial charge is 0.352 e.